The summed E-state index contributed by atoms with van der Waals surface area (Å²) in [6.07, 6.45) is 4.53. The Morgan fingerprint density at radius 3 is 2.56 bits per heavy atom. The van der Waals surface area contributed by atoms with Crippen molar-refractivity contribution in [1.29, 1.82) is 0 Å². The third kappa shape index (κ3) is 0.584. The van der Waals surface area contributed by atoms with E-state index in [0.29, 0.717) is 12.5 Å². The Labute approximate surface area is 55.4 Å². The first-order valence-electron chi connectivity index (χ1n) is 3.64. The highest BCUT2D eigenvalue weighted by Crippen LogP contribution is 2.55. The van der Waals surface area contributed by atoms with Crippen molar-refractivity contribution >= 4 is 0 Å². The van der Waals surface area contributed by atoms with Gasteiger partial charge in [-0.15, -0.1) is 0 Å². The highest BCUT2D eigenvalue weighted by atomic mass is 16.3. The van der Waals surface area contributed by atoms with Crippen LogP contribution in [-0.4, -0.2) is 11.7 Å². The summed E-state index contributed by atoms with van der Waals surface area (Å²) in [6, 6.07) is 0. The van der Waals surface area contributed by atoms with Crippen molar-refractivity contribution in [3.8, 4) is 0 Å². The molecule has 0 amide bonds. The summed E-state index contributed by atoms with van der Waals surface area (Å²) in [5.74, 6) is 2.89. The Balaban J connectivity index is 2.06. The van der Waals surface area contributed by atoms with Gasteiger partial charge in [0.2, 0.25) is 0 Å². The summed E-state index contributed by atoms with van der Waals surface area (Å²) < 4.78 is 0. The van der Waals surface area contributed by atoms with Gasteiger partial charge in [0, 0.05) is 6.61 Å². The second-order valence-corrected chi connectivity index (χ2v) is 3.25. The van der Waals surface area contributed by atoms with Gasteiger partial charge < -0.3 is 5.11 Å². The molecular weight excluding hydrogens is 112 g/mol. The SMILES string of the molecule is CC1C=CC2C(CO)C12. The largest absolute Gasteiger partial charge is 0.396 e. The van der Waals surface area contributed by atoms with Crippen molar-refractivity contribution in [2.24, 2.45) is 23.7 Å². The number of fused-ring (bicyclic) bond motifs is 1. The third-order valence-electron chi connectivity index (χ3n) is 2.75. The number of hydrogen-bond donors (Lipinski definition) is 1. The van der Waals surface area contributed by atoms with E-state index in [0.717, 1.165) is 17.8 Å². The molecule has 9 heavy (non-hydrogen) atoms. The zero-order valence-corrected chi connectivity index (χ0v) is 5.62. The Morgan fingerprint density at radius 2 is 2.22 bits per heavy atom. The zero-order valence-electron chi connectivity index (χ0n) is 5.62. The van der Waals surface area contributed by atoms with Gasteiger partial charge in [0.15, 0.2) is 0 Å². The van der Waals surface area contributed by atoms with Crippen LogP contribution >= 0.6 is 0 Å². The van der Waals surface area contributed by atoms with Crippen LogP contribution in [0.3, 0.4) is 0 Å². The zero-order chi connectivity index (χ0) is 6.43. The number of rotatable bonds is 1. The fourth-order valence-corrected chi connectivity index (χ4v) is 2.11. The van der Waals surface area contributed by atoms with Crippen LogP contribution in [0.1, 0.15) is 6.92 Å². The van der Waals surface area contributed by atoms with Crippen LogP contribution in [0.15, 0.2) is 12.2 Å². The first-order valence-corrected chi connectivity index (χ1v) is 3.64. The maximum atomic E-state index is 8.80. The molecule has 1 fully saturated rings. The Morgan fingerprint density at radius 1 is 1.44 bits per heavy atom. The number of aliphatic hydroxyl groups excluding tert-OH is 1. The summed E-state index contributed by atoms with van der Waals surface area (Å²) in [5, 5.41) is 8.80. The minimum absolute atomic E-state index is 0.393. The van der Waals surface area contributed by atoms with Gasteiger partial charge in [-0.1, -0.05) is 19.1 Å². The van der Waals surface area contributed by atoms with Crippen molar-refractivity contribution in [3.05, 3.63) is 12.2 Å². The molecule has 0 aromatic heterocycles. The molecule has 0 bridgehead atoms. The standard InChI is InChI=1S/C8H12O/c1-5-2-3-6-7(4-9)8(5)6/h2-3,5-9H,4H2,1H3. The second kappa shape index (κ2) is 1.60. The van der Waals surface area contributed by atoms with Crippen LogP contribution in [0.4, 0.5) is 0 Å². The highest BCUT2D eigenvalue weighted by molar-refractivity contribution is 5.19. The molecule has 0 aromatic rings. The van der Waals surface area contributed by atoms with E-state index in [1.807, 2.05) is 0 Å². The van der Waals surface area contributed by atoms with Gasteiger partial charge in [-0.25, -0.2) is 0 Å². The summed E-state index contributed by atoms with van der Waals surface area (Å²) >= 11 is 0. The topological polar surface area (TPSA) is 20.2 Å². The van der Waals surface area contributed by atoms with Gasteiger partial charge in [0.1, 0.15) is 0 Å². The van der Waals surface area contributed by atoms with E-state index in [-0.39, 0.29) is 0 Å². The van der Waals surface area contributed by atoms with E-state index < -0.39 is 0 Å². The van der Waals surface area contributed by atoms with Crippen LogP contribution in [0.5, 0.6) is 0 Å². The van der Waals surface area contributed by atoms with Crippen LogP contribution in [0.2, 0.25) is 0 Å². The van der Waals surface area contributed by atoms with Crippen molar-refractivity contribution in [3.63, 3.8) is 0 Å². The molecule has 0 spiro atoms. The Bertz CT molecular complexity index is 151. The van der Waals surface area contributed by atoms with Crippen molar-refractivity contribution in [2.45, 2.75) is 6.92 Å². The Kier molecular flexibility index (Phi) is 0.974. The molecule has 0 saturated heterocycles. The predicted octanol–water partition coefficient (Wildman–Crippen LogP) is 1.05. The molecule has 2 rings (SSSR count). The lowest BCUT2D eigenvalue weighted by molar-refractivity contribution is 0.260. The van der Waals surface area contributed by atoms with Crippen LogP contribution in [-0.2, 0) is 0 Å². The van der Waals surface area contributed by atoms with Gasteiger partial charge in [-0.3, -0.25) is 0 Å². The smallest absolute Gasteiger partial charge is 0.0468 e. The fraction of sp³-hybridized carbons (Fsp3) is 0.750. The summed E-state index contributed by atoms with van der Waals surface area (Å²) in [7, 11) is 0. The van der Waals surface area contributed by atoms with E-state index in [1.54, 1.807) is 0 Å². The van der Waals surface area contributed by atoms with Crippen molar-refractivity contribution < 1.29 is 5.11 Å². The molecule has 1 nitrogen and oxygen atoms in total. The number of aliphatic hydroxyl groups is 1. The van der Waals surface area contributed by atoms with Crippen molar-refractivity contribution in [2.75, 3.05) is 6.61 Å². The van der Waals surface area contributed by atoms with Crippen LogP contribution in [0, 0.1) is 23.7 Å². The second-order valence-electron chi connectivity index (χ2n) is 3.25. The monoisotopic (exact) mass is 124 g/mol. The maximum Gasteiger partial charge on any atom is 0.0468 e. The van der Waals surface area contributed by atoms with Gasteiger partial charge >= 0.3 is 0 Å². The normalized spacial score (nSPS) is 53.6. The highest BCUT2D eigenvalue weighted by Gasteiger charge is 2.52. The molecule has 0 aliphatic heterocycles. The molecule has 1 saturated carbocycles. The predicted molar refractivity (Wildman–Crippen MR) is 35.9 cm³/mol. The summed E-state index contributed by atoms with van der Waals surface area (Å²) in [5.41, 5.74) is 0. The molecule has 1 heteroatoms. The molecule has 0 heterocycles. The minimum atomic E-state index is 0.393. The lowest BCUT2D eigenvalue weighted by Crippen LogP contribution is -1.96. The van der Waals surface area contributed by atoms with Gasteiger partial charge in [0.05, 0.1) is 0 Å². The van der Waals surface area contributed by atoms with E-state index in [4.69, 9.17) is 5.11 Å². The quantitative estimate of drug-likeness (QED) is 0.518. The average Bonchev–Trinajstić information content (AvgIpc) is 2.46. The maximum absolute atomic E-state index is 8.80. The first-order chi connectivity index (χ1) is 4.34. The molecule has 4 atom stereocenters. The van der Waals surface area contributed by atoms with Gasteiger partial charge in [-0.2, -0.15) is 0 Å². The summed E-state index contributed by atoms with van der Waals surface area (Å²) in [4.78, 5) is 0. The molecule has 0 aromatic carbocycles. The lowest BCUT2D eigenvalue weighted by atomic mass is 10.1. The molecule has 50 valence electrons. The van der Waals surface area contributed by atoms with E-state index in [1.165, 1.54) is 0 Å². The Hall–Kier alpha value is -0.300. The first kappa shape index (κ1) is 5.48. The number of allylic oxidation sites excluding steroid dienone is 2. The van der Waals surface area contributed by atoms with E-state index >= 15 is 0 Å². The van der Waals surface area contributed by atoms with Crippen LogP contribution in [0.25, 0.3) is 0 Å². The molecule has 2 aliphatic rings. The van der Waals surface area contributed by atoms with Gasteiger partial charge in [0.25, 0.3) is 0 Å². The summed E-state index contributed by atoms with van der Waals surface area (Å²) in [6.45, 7) is 2.63. The van der Waals surface area contributed by atoms with Crippen LogP contribution < -0.4 is 0 Å². The molecule has 0 radical (unpaired) electrons. The molecule has 2 aliphatic carbocycles. The van der Waals surface area contributed by atoms with E-state index in [2.05, 4.69) is 19.1 Å². The average molecular weight is 124 g/mol. The van der Waals surface area contributed by atoms with E-state index in [9.17, 15) is 0 Å². The number of hydrogen-bond acceptors (Lipinski definition) is 1. The third-order valence-corrected chi connectivity index (χ3v) is 2.75. The minimum Gasteiger partial charge on any atom is -0.396 e. The molecular formula is C8H12O. The fourth-order valence-electron chi connectivity index (χ4n) is 2.11. The molecule has 4 unspecified atom stereocenters. The molecule has 1 N–H and O–H groups in total. The lowest BCUT2D eigenvalue weighted by Gasteiger charge is -1.99. The van der Waals surface area contributed by atoms with Gasteiger partial charge in [-0.05, 0) is 23.7 Å². The van der Waals surface area contributed by atoms with Crippen molar-refractivity contribution in [1.82, 2.24) is 0 Å².